The van der Waals surface area contributed by atoms with Crippen LogP contribution in [0.3, 0.4) is 0 Å². The molecule has 27 rings (SSSR count). The molecule has 0 radical (unpaired) electrons. The predicted molar refractivity (Wildman–Crippen MR) is 553 cm³/mol. The molecule has 4 heteroatoms. The fraction of sp³-hybridized carbons (Fsp3) is 0.0968. The SMILES string of the molecule is Brc1ccc2ccc3c(-c4cccc5ccccc45)ccc4ccc1c2c43.CC1(C)c2cc(-c3ccc(-c4ccc5ccc6c(-c7cccc8ccccc78)ccc7ccc4c5c76)cc3)ccc2-c2cc3c4ccccc4c4ccccc4c3cc21.CC1(C)c2cc(-c3ccc(B4OC(C)(C)C(C)(C)O4)cc3)ccc2-c2cc3c4ccccc4c4ccccc4c3cc21. The molecule has 1 heterocycles. The van der Waals surface area contributed by atoms with Gasteiger partial charge in [0.25, 0.3) is 0 Å². The summed E-state index contributed by atoms with van der Waals surface area (Å²) < 4.78 is 13.7. The van der Waals surface area contributed by atoms with Crippen molar-refractivity contribution in [3.05, 3.63) is 415 Å². The first-order valence-corrected chi connectivity index (χ1v) is 45.8. The number of rotatable bonds is 6. The summed E-state index contributed by atoms with van der Waals surface area (Å²) in [4.78, 5) is 0. The van der Waals surface area contributed by atoms with Gasteiger partial charge in [0.05, 0.1) is 11.2 Å². The van der Waals surface area contributed by atoms with E-state index in [9.17, 15) is 0 Å². The Bertz CT molecular complexity index is 8810. The molecule has 0 atom stereocenters. The second-order valence-corrected chi connectivity index (χ2v) is 38.8. The van der Waals surface area contributed by atoms with Gasteiger partial charge in [-0.2, -0.15) is 0 Å². The van der Waals surface area contributed by atoms with Crippen LogP contribution in [0.4, 0.5) is 0 Å². The summed E-state index contributed by atoms with van der Waals surface area (Å²) in [5, 5.41) is 36.8. The van der Waals surface area contributed by atoms with Crippen LogP contribution in [-0.2, 0) is 20.1 Å². The Morgan fingerprint density at radius 1 is 0.188 bits per heavy atom. The van der Waals surface area contributed by atoms with Crippen molar-refractivity contribution in [3.8, 4) is 77.9 Å². The zero-order chi connectivity index (χ0) is 86.0. The van der Waals surface area contributed by atoms with Gasteiger partial charge in [-0.3, -0.25) is 0 Å². The molecule has 128 heavy (non-hydrogen) atoms. The lowest BCUT2D eigenvalue weighted by Crippen LogP contribution is -2.41. The van der Waals surface area contributed by atoms with Crippen LogP contribution in [-0.4, -0.2) is 18.3 Å². The van der Waals surface area contributed by atoms with E-state index in [1.165, 1.54) is 251 Å². The summed E-state index contributed by atoms with van der Waals surface area (Å²) in [6.45, 7) is 17.9. The largest absolute Gasteiger partial charge is 0.494 e. The lowest BCUT2D eigenvalue weighted by atomic mass is 9.78. The van der Waals surface area contributed by atoms with Crippen LogP contribution in [0, 0.1) is 0 Å². The topological polar surface area (TPSA) is 18.5 Å². The summed E-state index contributed by atoms with van der Waals surface area (Å²) in [6, 6.07) is 145. The highest BCUT2D eigenvalue weighted by molar-refractivity contribution is 9.10. The highest BCUT2D eigenvalue weighted by atomic mass is 79.9. The summed E-state index contributed by atoms with van der Waals surface area (Å²) in [5.74, 6) is 0. The quantitative estimate of drug-likeness (QED) is 0.122. The minimum absolute atomic E-state index is 0.107. The summed E-state index contributed by atoms with van der Waals surface area (Å²) in [6.07, 6.45) is 0. The molecule has 24 aromatic carbocycles. The van der Waals surface area contributed by atoms with Gasteiger partial charge in [-0.1, -0.05) is 389 Å². The standard InChI is InChI=1S/C59H38.C39H35BO2.C26H15Br/c1-59(2)55-32-40(26-29-49(55)54-33-52-46-15-7-5-13-44(46)45-14-6-8-16-47(45)53(52)34-56(54)59)35-18-20-37(21-19-35)42-27-22-38-25-31-51-48(28-23-39-24-30-50(42)57(38)58(39)51)43-17-9-11-36-10-3-4-12-41(36)43;1-37(2)35-21-25(24-15-18-26(19-16-24)40-41-38(3,4)39(5,6)42-40)17-20-31(35)34-22-32-29-13-9-7-11-27(29)28-12-8-10-14-30(28)33(32)23-36(34)37;27-24-15-11-18-9-13-22-21(12-8-17-10-14-23(24)26(18)25(17)22)20-7-3-5-16-4-1-2-6-19(16)20/h3-34H,1-2H3;7-23H,1-6H3;1-15H. The van der Waals surface area contributed by atoms with Gasteiger partial charge in [0, 0.05) is 15.3 Å². The van der Waals surface area contributed by atoms with Gasteiger partial charge in [0.1, 0.15) is 0 Å². The number of fused-ring (bicyclic) bond motifs is 20. The van der Waals surface area contributed by atoms with E-state index in [-0.39, 0.29) is 29.2 Å². The summed E-state index contributed by atoms with van der Waals surface area (Å²) in [5.41, 5.74) is 23.7. The number of hydrogen-bond donors (Lipinski definition) is 0. The first-order valence-electron chi connectivity index (χ1n) is 45.0. The van der Waals surface area contributed by atoms with Gasteiger partial charge < -0.3 is 9.31 Å². The van der Waals surface area contributed by atoms with Crippen molar-refractivity contribution in [3.63, 3.8) is 0 Å². The highest BCUT2D eigenvalue weighted by Gasteiger charge is 2.52. The summed E-state index contributed by atoms with van der Waals surface area (Å²) in [7, 11) is -0.348. The Hall–Kier alpha value is -14.1. The maximum absolute atomic E-state index is 6.28. The number of halogens is 1. The molecule has 24 aromatic rings. The molecule has 1 fully saturated rings. The zero-order valence-corrected chi connectivity index (χ0v) is 74.3. The molecule has 606 valence electrons. The highest BCUT2D eigenvalue weighted by Crippen LogP contribution is 2.56. The third-order valence-electron chi connectivity index (χ3n) is 29.8. The van der Waals surface area contributed by atoms with Gasteiger partial charge in [0.2, 0.25) is 0 Å². The summed E-state index contributed by atoms with van der Waals surface area (Å²) >= 11 is 3.74. The molecule has 0 unspecified atom stereocenters. The van der Waals surface area contributed by atoms with Crippen LogP contribution >= 0.6 is 15.9 Å². The zero-order valence-electron chi connectivity index (χ0n) is 72.7. The van der Waals surface area contributed by atoms with Crippen LogP contribution in [0.15, 0.2) is 393 Å². The molecule has 3 aliphatic rings. The maximum atomic E-state index is 6.28. The van der Waals surface area contributed by atoms with E-state index in [4.69, 9.17) is 9.31 Å². The van der Waals surface area contributed by atoms with Crippen LogP contribution in [0.5, 0.6) is 0 Å². The Morgan fingerprint density at radius 2 is 0.469 bits per heavy atom. The lowest BCUT2D eigenvalue weighted by Gasteiger charge is -2.32. The molecule has 0 spiro atoms. The second kappa shape index (κ2) is 28.5. The van der Waals surface area contributed by atoms with Gasteiger partial charge in [0.15, 0.2) is 0 Å². The van der Waals surface area contributed by atoms with E-state index in [2.05, 4.69) is 460 Å². The third-order valence-corrected chi connectivity index (χ3v) is 30.5. The molecule has 0 bridgehead atoms. The number of benzene rings is 24. The minimum atomic E-state index is -0.348. The van der Waals surface area contributed by atoms with E-state index < -0.39 is 0 Å². The molecule has 0 aromatic heterocycles. The fourth-order valence-electron chi connectivity index (χ4n) is 22.5. The Kier molecular flexibility index (Phi) is 17.0. The molecule has 2 aliphatic carbocycles. The van der Waals surface area contributed by atoms with Crippen molar-refractivity contribution in [1.82, 2.24) is 0 Å². The smallest absolute Gasteiger partial charge is 0.399 e. The molecular formula is C124H88BBrO2. The van der Waals surface area contributed by atoms with Crippen molar-refractivity contribution < 1.29 is 9.31 Å². The average Bonchev–Trinajstić information content (AvgIpc) is 1.54. The lowest BCUT2D eigenvalue weighted by molar-refractivity contribution is 0.00578. The maximum Gasteiger partial charge on any atom is 0.494 e. The van der Waals surface area contributed by atoms with Crippen LogP contribution in [0.1, 0.15) is 77.6 Å². The van der Waals surface area contributed by atoms with Crippen molar-refractivity contribution in [2.24, 2.45) is 0 Å². The van der Waals surface area contributed by atoms with E-state index in [1.54, 1.807) is 0 Å². The van der Waals surface area contributed by atoms with Crippen LogP contribution in [0.2, 0.25) is 0 Å². The molecule has 0 amide bonds. The van der Waals surface area contributed by atoms with E-state index in [0.717, 1.165) is 9.94 Å². The monoisotopic (exact) mass is 1700 g/mol. The van der Waals surface area contributed by atoms with Gasteiger partial charge in [-0.25, -0.2) is 0 Å². The minimum Gasteiger partial charge on any atom is -0.399 e. The second-order valence-electron chi connectivity index (χ2n) is 37.9. The first kappa shape index (κ1) is 76.3. The average molecular weight is 1700 g/mol. The Morgan fingerprint density at radius 3 is 0.883 bits per heavy atom. The van der Waals surface area contributed by atoms with Crippen molar-refractivity contribution in [2.45, 2.75) is 77.4 Å². The normalized spacial score (nSPS) is 14.6. The molecule has 1 saturated heterocycles. The Labute approximate surface area is 753 Å². The van der Waals surface area contributed by atoms with Gasteiger partial charge >= 0.3 is 7.12 Å². The van der Waals surface area contributed by atoms with Crippen molar-refractivity contribution in [1.29, 1.82) is 0 Å². The van der Waals surface area contributed by atoms with Crippen LogP contribution < -0.4 is 5.46 Å². The number of hydrogen-bond acceptors (Lipinski definition) is 2. The molecule has 0 N–H and O–H groups in total. The fourth-order valence-corrected chi connectivity index (χ4v) is 22.9. The van der Waals surface area contributed by atoms with Crippen molar-refractivity contribution >= 4 is 179 Å². The first-order chi connectivity index (χ1) is 62.4. The van der Waals surface area contributed by atoms with E-state index >= 15 is 0 Å². The molecule has 1 aliphatic heterocycles. The van der Waals surface area contributed by atoms with Gasteiger partial charge in [-0.15, -0.1) is 0 Å². The van der Waals surface area contributed by atoms with Crippen molar-refractivity contribution in [2.75, 3.05) is 0 Å². The molecule has 2 nitrogen and oxygen atoms in total. The van der Waals surface area contributed by atoms with E-state index in [0.29, 0.717) is 0 Å². The predicted octanol–water partition coefficient (Wildman–Crippen LogP) is 34.1. The Balaban J connectivity index is 0.000000112. The van der Waals surface area contributed by atoms with Gasteiger partial charge in [-0.05, 0) is 327 Å². The molecule has 0 saturated carbocycles. The van der Waals surface area contributed by atoms with Crippen LogP contribution in [0.25, 0.3) is 229 Å². The van der Waals surface area contributed by atoms with E-state index in [1.807, 2.05) is 0 Å². The third kappa shape index (κ3) is 11.6. The molecular weight excluding hydrogens is 1610 g/mol.